The molecule has 0 spiro atoms. The number of carbonyl (C=O) groups is 1. The van der Waals surface area contributed by atoms with E-state index in [1.165, 1.54) is 0 Å². The molecule has 1 rings (SSSR count). The SMILES string of the molecule is NC(=O)c1cc(F)co1. The molecule has 0 radical (unpaired) electrons. The second kappa shape index (κ2) is 1.89. The van der Waals surface area contributed by atoms with E-state index in [4.69, 9.17) is 5.73 Å². The monoisotopic (exact) mass is 129 g/mol. The van der Waals surface area contributed by atoms with E-state index in [0.717, 1.165) is 12.3 Å². The Morgan fingerprint density at radius 1 is 1.78 bits per heavy atom. The van der Waals surface area contributed by atoms with Crippen LogP contribution in [0, 0.1) is 5.82 Å². The van der Waals surface area contributed by atoms with Gasteiger partial charge >= 0.3 is 0 Å². The zero-order chi connectivity index (χ0) is 6.85. The Kier molecular flexibility index (Phi) is 1.22. The second-order valence-electron chi connectivity index (χ2n) is 1.49. The van der Waals surface area contributed by atoms with Crippen molar-refractivity contribution in [1.82, 2.24) is 0 Å². The summed E-state index contributed by atoms with van der Waals surface area (Å²) in [6.07, 6.45) is 0.820. The van der Waals surface area contributed by atoms with Gasteiger partial charge in [-0.15, -0.1) is 0 Å². The summed E-state index contributed by atoms with van der Waals surface area (Å²) >= 11 is 0. The first-order valence-corrected chi connectivity index (χ1v) is 2.24. The summed E-state index contributed by atoms with van der Waals surface area (Å²) in [5.74, 6) is -1.52. The quantitative estimate of drug-likeness (QED) is 0.600. The van der Waals surface area contributed by atoms with Crippen LogP contribution in [0.1, 0.15) is 10.6 Å². The smallest absolute Gasteiger partial charge is 0.284 e. The van der Waals surface area contributed by atoms with Crippen LogP contribution in [0.4, 0.5) is 4.39 Å². The molecule has 0 aliphatic carbocycles. The zero-order valence-electron chi connectivity index (χ0n) is 4.43. The molecule has 1 aromatic rings. The summed E-state index contributed by atoms with van der Waals surface area (Å²) in [7, 11) is 0. The Bertz CT molecular complexity index is 231. The molecular formula is C5H4FNO2. The molecule has 3 nitrogen and oxygen atoms in total. The molecule has 0 fully saturated rings. The van der Waals surface area contributed by atoms with Gasteiger partial charge in [-0.1, -0.05) is 0 Å². The van der Waals surface area contributed by atoms with Crippen molar-refractivity contribution in [3.05, 3.63) is 23.9 Å². The predicted octanol–water partition coefficient (Wildman–Crippen LogP) is 0.518. The van der Waals surface area contributed by atoms with E-state index in [9.17, 15) is 9.18 Å². The van der Waals surface area contributed by atoms with Crippen molar-refractivity contribution in [3.63, 3.8) is 0 Å². The lowest BCUT2D eigenvalue weighted by atomic mass is 10.4. The average Bonchev–Trinajstić information content (AvgIpc) is 2.14. The molecule has 0 saturated heterocycles. The number of primary amides is 1. The van der Waals surface area contributed by atoms with Gasteiger partial charge in [0.1, 0.15) is 6.26 Å². The molecule has 1 amide bonds. The Labute approximate surface area is 50.3 Å². The van der Waals surface area contributed by atoms with Crippen molar-refractivity contribution in [2.75, 3.05) is 0 Å². The highest BCUT2D eigenvalue weighted by atomic mass is 19.1. The number of furan rings is 1. The minimum atomic E-state index is -0.765. The van der Waals surface area contributed by atoms with Gasteiger partial charge in [0.25, 0.3) is 5.91 Å². The maximum absolute atomic E-state index is 12.0. The van der Waals surface area contributed by atoms with Crippen LogP contribution in [0.5, 0.6) is 0 Å². The van der Waals surface area contributed by atoms with Gasteiger partial charge in [0.15, 0.2) is 11.6 Å². The predicted molar refractivity (Wildman–Crippen MR) is 27.2 cm³/mol. The van der Waals surface area contributed by atoms with Crippen molar-refractivity contribution >= 4 is 5.91 Å². The summed E-state index contributed by atoms with van der Waals surface area (Å²) in [6, 6.07) is 0.933. The summed E-state index contributed by atoms with van der Waals surface area (Å²) in [5.41, 5.74) is 4.73. The largest absolute Gasteiger partial charge is 0.456 e. The van der Waals surface area contributed by atoms with Gasteiger partial charge in [-0.3, -0.25) is 4.79 Å². The average molecular weight is 129 g/mol. The van der Waals surface area contributed by atoms with Gasteiger partial charge in [-0.25, -0.2) is 4.39 Å². The van der Waals surface area contributed by atoms with Crippen LogP contribution in [-0.2, 0) is 0 Å². The number of hydrogen-bond acceptors (Lipinski definition) is 2. The number of amides is 1. The van der Waals surface area contributed by atoms with Gasteiger partial charge < -0.3 is 10.2 Å². The third-order valence-corrected chi connectivity index (χ3v) is 0.810. The maximum Gasteiger partial charge on any atom is 0.284 e. The van der Waals surface area contributed by atoms with Crippen LogP contribution >= 0.6 is 0 Å². The summed E-state index contributed by atoms with van der Waals surface area (Å²) < 4.78 is 16.4. The molecule has 0 aromatic carbocycles. The highest BCUT2D eigenvalue weighted by molar-refractivity contribution is 5.89. The van der Waals surface area contributed by atoms with Crippen LogP contribution in [0.25, 0.3) is 0 Å². The van der Waals surface area contributed by atoms with E-state index in [-0.39, 0.29) is 5.76 Å². The van der Waals surface area contributed by atoms with Crippen molar-refractivity contribution < 1.29 is 13.6 Å². The Balaban J connectivity index is 2.98. The number of carbonyl (C=O) groups excluding carboxylic acids is 1. The second-order valence-corrected chi connectivity index (χ2v) is 1.49. The molecule has 2 N–H and O–H groups in total. The maximum atomic E-state index is 12.0. The molecule has 9 heavy (non-hydrogen) atoms. The first kappa shape index (κ1) is 5.81. The standard InChI is InChI=1S/C5H4FNO2/c6-3-1-4(5(7)8)9-2-3/h1-2H,(H2,7,8). The first-order valence-electron chi connectivity index (χ1n) is 2.24. The van der Waals surface area contributed by atoms with E-state index in [1.54, 1.807) is 0 Å². The van der Waals surface area contributed by atoms with Crippen LogP contribution in [-0.4, -0.2) is 5.91 Å². The van der Waals surface area contributed by atoms with Gasteiger partial charge in [0, 0.05) is 6.07 Å². The normalized spacial score (nSPS) is 9.44. The molecule has 4 heteroatoms. The van der Waals surface area contributed by atoms with E-state index in [0.29, 0.717) is 0 Å². The third-order valence-electron chi connectivity index (χ3n) is 0.810. The molecule has 0 aliphatic rings. The third kappa shape index (κ3) is 1.07. The topological polar surface area (TPSA) is 56.2 Å². The molecule has 0 aliphatic heterocycles. The van der Waals surface area contributed by atoms with E-state index in [1.807, 2.05) is 0 Å². The lowest BCUT2D eigenvalue weighted by Crippen LogP contribution is -2.09. The van der Waals surface area contributed by atoms with Crippen molar-refractivity contribution in [2.45, 2.75) is 0 Å². The Hall–Kier alpha value is -1.32. The minimum Gasteiger partial charge on any atom is -0.456 e. The van der Waals surface area contributed by atoms with Gasteiger partial charge in [-0.2, -0.15) is 0 Å². The Morgan fingerprint density at radius 2 is 2.44 bits per heavy atom. The lowest BCUT2D eigenvalue weighted by Gasteiger charge is -1.80. The molecule has 0 bridgehead atoms. The lowest BCUT2D eigenvalue weighted by molar-refractivity contribution is 0.0974. The minimum absolute atomic E-state index is 0.160. The van der Waals surface area contributed by atoms with Gasteiger partial charge in [-0.05, 0) is 0 Å². The number of rotatable bonds is 1. The van der Waals surface area contributed by atoms with Crippen LogP contribution in [0.15, 0.2) is 16.7 Å². The van der Waals surface area contributed by atoms with E-state index < -0.39 is 11.7 Å². The highest BCUT2D eigenvalue weighted by Gasteiger charge is 2.04. The number of halogens is 1. The molecule has 1 heterocycles. The summed E-state index contributed by atoms with van der Waals surface area (Å²) in [5, 5.41) is 0. The van der Waals surface area contributed by atoms with Crippen LogP contribution in [0.2, 0.25) is 0 Å². The fourth-order valence-electron chi connectivity index (χ4n) is 0.442. The first-order chi connectivity index (χ1) is 4.20. The fraction of sp³-hybridized carbons (Fsp3) is 0. The van der Waals surface area contributed by atoms with Crippen LogP contribution in [0.3, 0.4) is 0 Å². The summed E-state index contributed by atoms with van der Waals surface area (Å²) in [6.45, 7) is 0. The molecule has 48 valence electrons. The van der Waals surface area contributed by atoms with E-state index in [2.05, 4.69) is 4.42 Å². The molecule has 0 atom stereocenters. The highest BCUT2D eigenvalue weighted by Crippen LogP contribution is 2.03. The summed E-state index contributed by atoms with van der Waals surface area (Å²) in [4.78, 5) is 10.2. The number of hydrogen-bond donors (Lipinski definition) is 1. The van der Waals surface area contributed by atoms with Crippen LogP contribution < -0.4 is 5.73 Å². The van der Waals surface area contributed by atoms with Gasteiger partial charge in [0.2, 0.25) is 0 Å². The van der Waals surface area contributed by atoms with Crippen molar-refractivity contribution in [1.29, 1.82) is 0 Å². The molecule has 0 unspecified atom stereocenters. The van der Waals surface area contributed by atoms with Gasteiger partial charge in [0.05, 0.1) is 0 Å². The number of nitrogens with two attached hydrogens (primary N) is 1. The Morgan fingerprint density at radius 3 is 2.67 bits per heavy atom. The van der Waals surface area contributed by atoms with Crippen molar-refractivity contribution in [3.8, 4) is 0 Å². The van der Waals surface area contributed by atoms with E-state index >= 15 is 0 Å². The molecular weight excluding hydrogens is 125 g/mol. The fourth-order valence-corrected chi connectivity index (χ4v) is 0.442. The van der Waals surface area contributed by atoms with Crippen molar-refractivity contribution in [2.24, 2.45) is 5.73 Å². The molecule has 1 aromatic heterocycles. The molecule has 0 saturated carbocycles. The zero-order valence-corrected chi connectivity index (χ0v) is 4.43.